The van der Waals surface area contributed by atoms with Crippen LogP contribution in [-0.4, -0.2) is 41.1 Å². The molecule has 0 spiro atoms. The maximum Gasteiger partial charge on any atom is 0.304 e. The van der Waals surface area contributed by atoms with Gasteiger partial charge in [0.25, 0.3) is 0 Å². The van der Waals surface area contributed by atoms with Gasteiger partial charge in [-0.3, -0.25) is 9.59 Å². The smallest absolute Gasteiger partial charge is 0.304 e. The van der Waals surface area contributed by atoms with E-state index in [1.807, 2.05) is 67.3 Å². The van der Waals surface area contributed by atoms with Crippen LogP contribution in [0, 0.1) is 5.41 Å². The minimum Gasteiger partial charge on any atom is -0.481 e. The lowest BCUT2D eigenvalue weighted by Crippen LogP contribution is -2.58. The first-order valence-corrected chi connectivity index (χ1v) is 11.9. The van der Waals surface area contributed by atoms with Gasteiger partial charge in [0, 0.05) is 23.1 Å². The Hall–Kier alpha value is -2.08. The number of benzene rings is 2. The molecule has 1 aliphatic rings. The van der Waals surface area contributed by atoms with E-state index in [2.05, 4.69) is 0 Å². The molecule has 1 heterocycles. The van der Waals surface area contributed by atoms with Gasteiger partial charge >= 0.3 is 5.97 Å². The molecule has 178 valence electrons. The molecule has 0 bridgehead atoms. The Kier molecular flexibility index (Phi) is 8.09. The van der Waals surface area contributed by atoms with Crippen molar-refractivity contribution in [3.05, 3.63) is 69.7 Å². The molecule has 0 aromatic heterocycles. The highest BCUT2D eigenvalue weighted by atomic mass is 35.5. The first-order chi connectivity index (χ1) is 15.6. The lowest BCUT2D eigenvalue weighted by atomic mass is 9.67. The highest BCUT2D eigenvalue weighted by molar-refractivity contribution is 6.30. The summed E-state index contributed by atoms with van der Waals surface area (Å²) in [6.07, 6.45) is 0.571. The van der Waals surface area contributed by atoms with Crippen LogP contribution in [0.15, 0.2) is 48.5 Å². The van der Waals surface area contributed by atoms with E-state index >= 15 is 0 Å². The summed E-state index contributed by atoms with van der Waals surface area (Å²) in [7, 11) is 1.63. The molecule has 7 heteroatoms. The van der Waals surface area contributed by atoms with Gasteiger partial charge in [-0.15, -0.1) is 0 Å². The minimum absolute atomic E-state index is 0.162. The van der Waals surface area contributed by atoms with Crippen molar-refractivity contribution in [2.24, 2.45) is 5.41 Å². The van der Waals surface area contributed by atoms with E-state index in [1.165, 1.54) is 0 Å². The number of rotatable bonds is 8. The summed E-state index contributed by atoms with van der Waals surface area (Å²) in [6.45, 7) is 5.72. The largest absolute Gasteiger partial charge is 0.481 e. The second-order valence-corrected chi connectivity index (χ2v) is 9.99. The first kappa shape index (κ1) is 25.5. The van der Waals surface area contributed by atoms with Crippen LogP contribution in [0.5, 0.6) is 0 Å². The van der Waals surface area contributed by atoms with Crippen molar-refractivity contribution >= 4 is 35.1 Å². The molecule has 1 fully saturated rings. The molecule has 1 unspecified atom stereocenters. The number of methoxy groups -OCH3 is 1. The van der Waals surface area contributed by atoms with Gasteiger partial charge in [0.1, 0.15) is 0 Å². The number of aliphatic carboxylic acids is 1. The average Bonchev–Trinajstić information content (AvgIpc) is 2.77. The Morgan fingerprint density at radius 1 is 1.18 bits per heavy atom. The van der Waals surface area contributed by atoms with Gasteiger partial charge in [-0.05, 0) is 55.2 Å². The van der Waals surface area contributed by atoms with Crippen molar-refractivity contribution < 1.29 is 19.4 Å². The van der Waals surface area contributed by atoms with Crippen LogP contribution in [0.1, 0.15) is 63.1 Å². The number of amides is 1. The van der Waals surface area contributed by atoms with Gasteiger partial charge in [-0.1, -0.05) is 61.3 Å². The van der Waals surface area contributed by atoms with Crippen molar-refractivity contribution in [3.8, 4) is 0 Å². The molecule has 0 saturated carbocycles. The zero-order valence-electron chi connectivity index (χ0n) is 19.4. The summed E-state index contributed by atoms with van der Waals surface area (Å²) in [5.41, 5.74) is 0.844. The highest BCUT2D eigenvalue weighted by Gasteiger charge is 2.52. The summed E-state index contributed by atoms with van der Waals surface area (Å²) in [6, 6.07) is 14.6. The molecule has 1 amide bonds. The standard InChI is InChI=1S/C26H31Cl2NO4/c1-5-22(16(2)33-4)29-24(17-9-11-19(27)12-10-17)21(18-7-6-8-20(28)13-18)14-26(3,25(29)32)15-23(30)31/h6-13,16,21-22,24H,5,14-15H2,1-4H3,(H,30,31)/t16-,21+,22?,24+,26+/m0/s1. The topological polar surface area (TPSA) is 66.8 Å². The SMILES string of the molecule is CCC([C@H](C)OC)N1C(=O)[C@@](C)(CC(=O)O)C[C@H](c2cccc(Cl)c2)[C@H]1c1ccc(Cl)cc1. The van der Waals surface area contributed by atoms with Crippen LogP contribution in [0.25, 0.3) is 0 Å². The molecule has 1 saturated heterocycles. The van der Waals surface area contributed by atoms with Crippen LogP contribution < -0.4 is 0 Å². The Bertz CT molecular complexity index is 996. The van der Waals surface area contributed by atoms with Crippen LogP contribution >= 0.6 is 23.2 Å². The van der Waals surface area contributed by atoms with Crippen LogP contribution in [0.2, 0.25) is 10.0 Å². The van der Waals surface area contributed by atoms with Gasteiger partial charge in [-0.25, -0.2) is 0 Å². The number of carbonyl (C=O) groups is 2. The highest BCUT2D eigenvalue weighted by Crippen LogP contribution is 2.52. The Morgan fingerprint density at radius 3 is 2.39 bits per heavy atom. The third kappa shape index (κ3) is 5.37. The van der Waals surface area contributed by atoms with Gasteiger partial charge in [-0.2, -0.15) is 0 Å². The number of likely N-dealkylation sites (tertiary alicyclic amines) is 1. The Morgan fingerprint density at radius 2 is 1.85 bits per heavy atom. The van der Waals surface area contributed by atoms with Gasteiger partial charge in [0.15, 0.2) is 0 Å². The van der Waals surface area contributed by atoms with E-state index in [1.54, 1.807) is 14.0 Å². The summed E-state index contributed by atoms with van der Waals surface area (Å²) < 4.78 is 5.66. The molecule has 5 nitrogen and oxygen atoms in total. The number of carboxylic acids is 1. The van der Waals surface area contributed by atoms with E-state index in [4.69, 9.17) is 27.9 Å². The normalized spacial score (nSPS) is 25.0. The predicted molar refractivity (Wildman–Crippen MR) is 131 cm³/mol. The number of halogens is 2. The second-order valence-electron chi connectivity index (χ2n) is 9.12. The fourth-order valence-corrected chi connectivity index (χ4v) is 5.48. The van der Waals surface area contributed by atoms with E-state index in [0.717, 1.165) is 11.1 Å². The number of hydrogen-bond acceptors (Lipinski definition) is 3. The fourth-order valence-electron chi connectivity index (χ4n) is 5.16. The molecule has 1 N–H and O–H groups in total. The molecule has 1 aliphatic heterocycles. The molecule has 0 aliphatic carbocycles. The summed E-state index contributed by atoms with van der Waals surface area (Å²) in [5, 5.41) is 10.9. The van der Waals surface area contributed by atoms with Crippen LogP contribution in [-0.2, 0) is 14.3 Å². The quantitative estimate of drug-likeness (QED) is 0.467. The molecule has 33 heavy (non-hydrogen) atoms. The number of hydrogen-bond donors (Lipinski definition) is 1. The zero-order valence-corrected chi connectivity index (χ0v) is 20.9. The number of nitrogens with zero attached hydrogens (tertiary/aromatic N) is 1. The minimum atomic E-state index is -1.07. The Balaban J connectivity index is 2.25. The summed E-state index contributed by atoms with van der Waals surface area (Å²) >= 11 is 12.5. The van der Waals surface area contributed by atoms with E-state index in [9.17, 15) is 14.7 Å². The molecule has 0 radical (unpaired) electrons. The number of piperidine rings is 1. The lowest BCUT2D eigenvalue weighted by Gasteiger charge is -2.52. The van der Waals surface area contributed by atoms with Crippen LogP contribution in [0.3, 0.4) is 0 Å². The molecule has 3 rings (SSSR count). The zero-order chi connectivity index (χ0) is 24.3. The lowest BCUT2D eigenvalue weighted by molar-refractivity contribution is -0.164. The predicted octanol–water partition coefficient (Wildman–Crippen LogP) is 6.35. The first-order valence-electron chi connectivity index (χ1n) is 11.2. The van der Waals surface area contributed by atoms with Crippen molar-refractivity contribution in [3.63, 3.8) is 0 Å². The van der Waals surface area contributed by atoms with Gasteiger partial charge in [0.05, 0.1) is 30.0 Å². The molecular formula is C26H31Cl2NO4. The summed E-state index contributed by atoms with van der Waals surface area (Å²) in [5.74, 6) is -1.32. The third-order valence-corrected chi connectivity index (χ3v) is 7.31. The maximum absolute atomic E-state index is 14.1. The van der Waals surface area contributed by atoms with E-state index in [0.29, 0.717) is 22.9 Å². The molecule has 2 aromatic carbocycles. The number of carboxylic acid groups (broad SMARTS) is 1. The summed E-state index contributed by atoms with van der Waals surface area (Å²) in [4.78, 5) is 27.7. The van der Waals surface area contributed by atoms with E-state index < -0.39 is 11.4 Å². The van der Waals surface area contributed by atoms with Crippen molar-refractivity contribution in [2.75, 3.05) is 7.11 Å². The molecule has 5 atom stereocenters. The van der Waals surface area contributed by atoms with Gasteiger partial charge < -0.3 is 14.7 Å². The second kappa shape index (κ2) is 10.5. The van der Waals surface area contributed by atoms with Crippen molar-refractivity contribution in [1.82, 2.24) is 4.90 Å². The number of carbonyl (C=O) groups excluding carboxylic acids is 1. The van der Waals surface area contributed by atoms with E-state index in [-0.39, 0.29) is 36.4 Å². The Labute approximate surface area is 205 Å². The fraction of sp³-hybridized carbons (Fsp3) is 0.462. The molecule has 2 aromatic rings. The third-order valence-electron chi connectivity index (χ3n) is 6.82. The maximum atomic E-state index is 14.1. The van der Waals surface area contributed by atoms with Crippen molar-refractivity contribution in [1.29, 1.82) is 0 Å². The molecular weight excluding hydrogens is 461 g/mol. The monoisotopic (exact) mass is 491 g/mol. The van der Waals surface area contributed by atoms with Crippen molar-refractivity contribution in [2.45, 2.75) is 64.1 Å². The van der Waals surface area contributed by atoms with Gasteiger partial charge in [0.2, 0.25) is 5.91 Å². The average molecular weight is 492 g/mol. The van der Waals surface area contributed by atoms with Crippen LogP contribution in [0.4, 0.5) is 0 Å². The number of ether oxygens (including phenoxy) is 1.